The summed E-state index contributed by atoms with van der Waals surface area (Å²) in [4.78, 5) is 0. The van der Waals surface area contributed by atoms with Crippen LogP contribution in [0.4, 0.5) is 0 Å². The molecule has 0 fully saturated rings. The van der Waals surface area contributed by atoms with Gasteiger partial charge in [0.2, 0.25) is 6.33 Å². The van der Waals surface area contributed by atoms with Gasteiger partial charge in [0.15, 0.2) is 0 Å². The molecule has 0 spiro atoms. The molecule has 12 heavy (non-hydrogen) atoms. The highest BCUT2D eigenvalue weighted by Crippen LogP contribution is 1.94. The summed E-state index contributed by atoms with van der Waals surface area (Å²) in [6.07, 6.45) is 9.85. The van der Waals surface area contributed by atoms with Crippen LogP contribution in [0.2, 0.25) is 0 Å². The molecule has 0 atom stereocenters. The molecular weight excluding hydrogens is 168 g/mol. The molecule has 1 rings (SSSR count). The van der Waals surface area contributed by atoms with Gasteiger partial charge in [0.25, 0.3) is 0 Å². The molecule has 0 saturated heterocycles. The van der Waals surface area contributed by atoms with E-state index in [0.717, 1.165) is 13.1 Å². The Morgan fingerprint density at radius 1 is 1.50 bits per heavy atom. The van der Waals surface area contributed by atoms with Gasteiger partial charge >= 0.3 is 0 Å². The van der Waals surface area contributed by atoms with Crippen LogP contribution in [0.5, 0.6) is 0 Å². The molecule has 3 heteroatoms. The fraction of sp³-hybridized carbons (Fsp3) is 0.667. The van der Waals surface area contributed by atoms with E-state index < -0.39 is 0 Å². The van der Waals surface area contributed by atoms with E-state index in [1.807, 2.05) is 11.8 Å². The summed E-state index contributed by atoms with van der Waals surface area (Å²) in [6.45, 7) is 4.37. The normalized spacial score (nSPS) is 10.5. The van der Waals surface area contributed by atoms with Gasteiger partial charge in [0.05, 0.1) is 13.1 Å². The Hall–Kier alpha value is -0.440. The van der Waals surface area contributed by atoms with E-state index in [4.69, 9.17) is 0 Å². The molecule has 68 valence electrons. The van der Waals surface area contributed by atoms with E-state index in [9.17, 15) is 0 Å². The maximum absolute atomic E-state index is 2.25. The predicted molar refractivity (Wildman–Crippen MR) is 53.3 cm³/mol. The van der Waals surface area contributed by atoms with E-state index in [1.54, 1.807) is 0 Å². The fourth-order valence-corrected chi connectivity index (χ4v) is 1.57. The topological polar surface area (TPSA) is 8.81 Å². The van der Waals surface area contributed by atoms with Crippen molar-refractivity contribution in [3.05, 3.63) is 18.7 Å². The summed E-state index contributed by atoms with van der Waals surface area (Å²) >= 11 is 1.91. The summed E-state index contributed by atoms with van der Waals surface area (Å²) in [6, 6.07) is 0. The SMILES string of the molecule is CCn1cc[n+](CCCSC)c1. The standard InChI is InChI=1S/C9H17N2S/c1-3-10-6-7-11(9-10)5-4-8-12-2/h6-7,9H,3-5,8H2,1-2H3/q+1. The predicted octanol–water partition coefficient (Wildman–Crippen LogP) is 1.55. The van der Waals surface area contributed by atoms with Crippen molar-refractivity contribution in [3.63, 3.8) is 0 Å². The highest BCUT2D eigenvalue weighted by molar-refractivity contribution is 7.98. The lowest BCUT2D eigenvalue weighted by molar-refractivity contribution is -0.696. The van der Waals surface area contributed by atoms with Crippen molar-refractivity contribution >= 4 is 11.8 Å². The Morgan fingerprint density at radius 3 is 2.92 bits per heavy atom. The summed E-state index contributed by atoms with van der Waals surface area (Å²) in [5.41, 5.74) is 0. The average Bonchev–Trinajstić information content (AvgIpc) is 2.53. The summed E-state index contributed by atoms with van der Waals surface area (Å²) < 4.78 is 4.44. The lowest BCUT2D eigenvalue weighted by Crippen LogP contribution is -2.31. The molecule has 2 nitrogen and oxygen atoms in total. The lowest BCUT2D eigenvalue weighted by atomic mass is 10.5. The molecule has 0 bridgehead atoms. The molecule has 0 radical (unpaired) electrons. The van der Waals surface area contributed by atoms with Crippen molar-refractivity contribution in [1.29, 1.82) is 0 Å². The Labute approximate surface area is 78.6 Å². The van der Waals surface area contributed by atoms with Crippen LogP contribution in [-0.4, -0.2) is 16.6 Å². The fourth-order valence-electron chi connectivity index (χ4n) is 1.15. The third-order valence-corrected chi connectivity index (χ3v) is 2.57. The van der Waals surface area contributed by atoms with E-state index in [2.05, 4.69) is 41.0 Å². The number of imidazole rings is 1. The first-order chi connectivity index (χ1) is 5.86. The van der Waals surface area contributed by atoms with Crippen LogP contribution in [0.1, 0.15) is 13.3 Å². The minimum atomic E-state index is 1.07. The van der Waals surface area contributed by atoms with E-state index in [-0.39, 0.29) is 0 Å². The van der Waals surface area contributed by atoms with Crippen molar-refractivity contribution in [2.45, 2.75) is 26.4 Å². The minimum Gasteiger partial charge on any atom is -0.237 e. The Balaban J connectivity index is 2.31. The van der Waals surface area contributed by atoms with Gasteiger partial charge in [-0.25, -0.2) is 9.13 Å². The number of thioether (sulfide) groups is 1. The molecular formula is C9H17N2S+. The number of aromatic nitrogens is 2. The lowest BCUT2D eigenvalue weighted by Gasteiger charge is -1.93. The van der Waals surface area contributed by atoms with Gasteiger partial charge in [0.1, 0.15) is 12.4 Å². The third kappa shape index (κ3) is 2.89. The van der Waals surface area contributed by atoms with Crippen LogP contribution in [-0.2, 0) is 13.1 Å². The second-order valence-electron chi connectivity index (χ2n) is 2.83. The molecule has 0 saturated carbocycles. The van der Waals surface area contributed by atoms with Crippen LogP contribution in [0.25, 0.3) is 0 Å². The van der Waals surface area contributed by atoms with Gasteiger partial charge in [-0.1, -0.05) is 0 Å². The number of nitrogens with zero attached hydrogens (tertiary/aromatic N) is 2. The smallest absolute Gasteiger partial charge is 0.237 e. The first-order valence-corrected chi connectivity index (χ1v) is 5.80. The zero-order valence-corrected chi connectivity index (χ0v) is 8.68. The summed E-state index contributed by atoms with van der Waals surface area (Å²) in [7, 11) is 0. The number of rotatable bonds is 5. The number of hydrogen-bond donors (Lipinski definition) is 0. The van der Waals surface area contributed by atoms with Crippen molar-refractivity contribution in [2.75, 3.05) is 12.0 Å². The van der Waals surface area contributed by atoms with Crippen LogP contribution in [0, 0.1) is 0 Å². The summed E-state index contributed by atoms with van der Waals surface area (Å²) in [5, 5.41) is 0. The Kier molecular flexibility index (Phi) is 4.22. The molecule has 0 aliphatic heterocycles. The number of aryl methyl sites for hydroxylation is 2. The molecule has 0 aliphatic rings. The monoisotopic (exact) mass is 185 g/mol. The van der Waals surface area contributed by atoms with Gasteiger partial charge in [-0.2, -0.15) is 11.8 Å². The highest BCUT2D eigenvalue weighted by Gasteiger charge is 1.99. The molecule has 0 N–H and O–H groups in total. The molecule has 0 aromatic carbocycles. The van der Waals surface area contributed by atoms with Gasteiger partial charge < -0.3 is 0 Å². The average molecular weight is 185 g/mol. The second kappa shape index (κ2) is 5.25. The highest BCUT2D eigenvalue weighted by atomic mass is 32.2. The second-order valence-corrected chi connectivity index (χ2v) is 3.81. The van der Waals surface area contributed by atoms with Gasteiger partial charge in [-0.15, -0.1) is 0 Å². The van der Waals surface area contributed by atoms with Crippen molar-refractivity contribution < 1.29 is 4.57 Å². The van der Waals surface area contributed by atoms with E-state index >= 15 is 0 Å². The van der Waals surface area contributed by atoms with Crippen molar-refractivity contribution in [3.8, 4) is 0 Å². The first-order valence-electron chi connectivity index (χ1n) is 4.40. The molecule has 0 aliphatic carbocycles. The zero-order chi connectivity index (χ0) is 8.81. The van der Waals surface area contributed by atoms with Gasteiger partial charge in [-0.3, -0.25) is 0 Å². The molecule has 1 aromatic rings. The maximum atomic E-state index is 2.25. The molecule has 1 heterocycles. The van der Waals surface area contributed by atoms with Crippen LogP contribution >= 0.6 is 11.8 Å². The molecule has 1 aromatic heterocycles. The van der Waals surface area contributed by atoms with Gasteiger partial charge in [-0.05, 0) is 25.4 Å². The number of hydrogen-bond acceptors (Lipinski definition) is 1. The Bertz CT molecular complexity index is 220. The minimum absolute atomic E-state index is 1.07. The Morgan fingerprint density at radius 2 is 2.33 bits per heavy atom. The van der Waals surface area contributed by atoms with Crippen LogP contribution in [0.15, 0.2) is 18.7 Å². The van der Waals surface area contributed by atoms with E-state index in [0.29, 0.717) is 0 Å². The molecule has 0 amide bonds. The van der Waals surface area contributed by atoms with E-state index in [1.165, 1.54) is 12.2 Å². The largest absolute Gasteiger partial charge is 0.243 e. The summed E-state index contributed by atoms with van der Waals surface area (Å²) in [5.74, 6) is 1.25. The van der Waals surface area contributed by atoms with Crippen molar-refractivity contribution in [2.24, 2.45) is 0 Å². The molecule has 0 unspecified atom stereocenters. The van der Waals surface area contributed by atoms with Crippen molar-refractivity contribution in [1.82, 2.24) is 4.57 Å². The quantitative estimate of drug-likeness (QED) is 0.499. The third-order valence-electron chi connectivity index (χ3n) is 1.88. The van der Waals surface area contributed by atoms with Crippen LogP contribution in [0.3, 0.4) is 0 Å². The first kappa shape index (κ1) is 9.65. The van der Waals surface area contributed by atoms with Crippen LogP contribution < -0.4 is 4.57 Å². The zero-order valence-electron chi connectivity index (χ0n) is 7.86. The maximum Gasteiger partial charge on any atom is 0.243 e. The van der Waals surface area contributed by atoms with Gasteiger partial charge in [0, 0.05) is 0 Å².